The highest BCUT2D eigenvalue weighted by Gasteiger charge is 2.36. The van der Waals surface area contributed by atoms with Crippen LogP contribution in [0.4, 0.5) is 0 Å². The van der Waals surface area contributed by atoms with Crippen molar-refractivity contribution in [3.63, 3.8) is 0 Å². The normalized spacial score (nSPS) is 26.5. The highest BCUT2D eigenvalue weighted by molar-refractivity contribution is 7.09. The van der Waals surface area contributed by atoms with Gasteiger partial charge in [0, 0.05) is 27.9 Å². The van der Waals surface area contributed by atoms with Crippen LogP contribution < -0.4 is 5.32 Å². The smallest absolute Gasteiger partial charge is 0.331 e. The fourth-order valence-electron chi connectivity index (χ4n) is 5.64. The molecular formula is C33H56NO6P. The molecule has 0 radical (unpaired) electrons. The van der Waals surface area contributed by atoms with Crippen LogP contribution in [0.2, 0.25) is 0 Å². The van der Waals surface area contributed by atoms with Gasteiger partial charge in [-0.15, -0.1) is 0 Å². The average Bonchev–Trinajstić information content (AvgIpc) is 2.96. The molecule has 8 heteroatoms. The molecule has 4 N–H and O–H groups in total. The Labute approximate surface area is 250 Å². The Hall–Kier alpha value is -1.34. The Morgan fingerprint density at radius 2 is 1.93 bits per heavy atom. The maximum atomic E-state index is 11.9. The van der Waals surface area contributed by atoms with E-state index in [1.54, 1.807) is 18.2 Å². The summed E-state index contributed by atoms with van der Waals surface area (Å²) in [5.41, 5.74) is -1.38. The molecule has 0 aromatic rings. The van der Waals surface area contributed by atoms with Crippen molar-refractivity contribution in [2.75, 3.05) is 13.1 Å². The number of hydrogen-bond donors (Lipinski definition) is 4. The maximum Gasteiger partial charge on any atom is 0.331 e. The van der Waals surface area contributed by atoms with E-state index in [4.69, 9.17) is 9.26 Å². The van der Waals surface area contributed by atoms with Gasteiger partial charge in [-0.2, -0.15) is 0 Å². The van der Waals surface area contributed by atoms with Gasteiger partial charge in [0.25, 0.3) is 0 Å². The highest BCUT2D eigenvalue weighted by atomic mass is 31.0. The number of nitrogens with one attached hydrogen (secondary N) is 1. The number of carbonyl (C=O) groups excluding carboxylic acids is 1. The molecule has 0 saturated heterocycles. The lowest BCUT2D eigenvalue weighted by atomic mass is 9.86. The lowest BCUT2D eigenvalue weighted by Gasteiger charge is -2.34. The number of unbranched alkanes of at least 4 members (excludes halogenated alkanes) is 5. The Morgan fingerprint density at radius 3 is 2.66 bits per heavy atom. The molecule has 0 aromatic carbocycles. The van der Waals surface area contributed by atoms with Crippen molar-refractivity contribution in [2.24, 2.45) is 11.8 Å². The van der Waals surface area contributed by atoms with Gasteiger partial charge in [0.05, 0.1) is 18.3 Å². The minimum atomic E-state index is -1.38. The minimum Gasteiger partial charge on any atom is -0.454 e. The zero-order valence-electron chi connectivity index (χ0n) is 25.3. The SMILES string of the molecule is CCCCCCCCNCCC(O)(C=CC1OC(=O)C=CC1CC)C(CC(O)C=CC=CC1CCCC(O)C1)OP. The summed E-state index contributed by atoms with van der Waals surface area (Å²) in [6.07, 6.45) is 24.6. The molecule has 2 rings (SSSR count). The van der Waals surface area contributed by atoms with Crippen LogP contribution >= 0.6 is 9.47 Å². The second-order valence-electron chi connectivity index (χ2n) is 11.7. The van der Waals surface area contributed by atoms with Crippen LogP contribution in [0.5, 0.6) is 0 Å². The zero-order valence-corrected chi connectivity index (χ0v) is 26.5. The van der Waals surface area contributed by atoms with Gasteiger partial charge in [0.2, 0.25) is 0 Å². The van der Waals surface area contributed by atoms with Gasteiger partial charge in [-0.05, 0) is 63.6 Å². The molecule has 1 saturated carbocycles. The third-order valence-corrected chi connectivity index (χ3v) is 8.63. The van der Waals surface area contributed by atoms with Crippen LogP contribution in [0.3, 0.4) is 0 Å². The Bertz CT molecular complexity index is 846. The first-order valence-electron chi connectivity index (χ1n) is 15.9. The van der Waals surface area contributed by atoms with Crippen molar-refractivity contribution in [3.05, 3.63) is 48.6 Å². The van der Waals surface area contributed by atoms with E-state index in [0.29, 0.717) is 18.9 Å². The number of esters is 1. The molecule has 8 unspecified atom stereocenters. The quantitative estimate of drug-likeness (QED) is 0.0471. The first-order chi connectivity index (χ1) is 19.8. The lowest BCUT2D eigenvalue weighted by molar-refractivity contribution is -0.143. The molecule has 234 valence electrons. The van der Waals surface area contributed by atoms with E-state index in [0.717, 1.165) is 45.1 Å². The molecule has 8 atom stereocenters. The van der Waals surface area contributed by atoms with Crippen molar-refractivity contribution < 1.29 is 29.4 Å². The summed E-state index contributed by atoms with van der Waals surface area (Å²) in [7, 11) is 2.24. The Kier molecular flexibility index (Phi) is 18.0. The summed E-state index contributed by atoms with van der Waals surface area (Å²) in [5.74, 6) is 0.0158. The van der Waals surface area contributed by atoms with Crippen molar-refractivity contribution in [1.82, 2.24) is 5.32 Å². The number of aliphatic hydroxyl groups excluding tert-OH is 2. The van der Waals surface area contributed by atoms with Crippen molar-refractivity contribution in [1.29, 1.82) is 0 Å². The molecule has 41 heavy (non-hydrogen) atoms. The fourth-order valence-corrected chi connectivity index (χ4v) is 5.99. The van der Waals surface area contributed by atoms with Crippen molar-refractivity contribution in [2.45, 2.75) is 127 Å². The summed E-state index contributed by atoms with van der Waals surface area (Å²) in [5, 5.41) is 35.9. The van der Waals surface area contributed by atoms with Crippen LogP contribution in [0, 0.1) is 11.8 Å². The fraction of sp³-hybridized carbons (Fsp3) is 0.727. The largest absolute Gasteiger partial charge is 0.454 e. The van der Waals surface area contributed by atoms with E-state index in [2.05, 4.69) is 27.8 Å². The lowest BCUT2D eigenvalue weighted by Crippen LogP contribution is -2.45. The van der Waals surface area contributed by atoms with Crippen molar-refractivity contribution >= 4 is 15.4 Å². The van der Waals surface area contributed by atoms with Gasteiger partial charge in [-0.25, -0.2) is 4.79 Å². The first-order valence-corrected chi connectivity index (χ1v) is 16.4. The van der Waals surface area contributed by atoms with E-state index in [1.165, 1.54) is 38.2 Å². The van der Waals surface area contributed by atoms with Crippen LogP contribution in [0.1, 0.15) is 97.3 Å². The summed E-state index contributed by atoms with van der Waals surface area (Å²) in [4.78, 5) is 11.9. The summed E-state index contributed by atoms with van der Waals surface area (Å²) in [6, 6.07) is 0. The topological polar surface area (TPSA) is 108 Å². The standard InChI is InChI=1S/C33H56NO6P/c1-3-5-6-7-8-11-22-34-23-21-33(38,20-19-30-27(4-2)17-18-32(37)39-30)31(40-41)25-29(36)15-10-9-13-26-14-12-16-28(35)24-26/h9-10,13,15,17-20,26-31,34-36,38H,3-8,11-12,14,16,21-25,41H2,1-2H3. The summed E-state index contributed by atoms with van der Waals surface area (Å²) < 4.78 is 11.2. The number of rotatable bonds is 20. The molecule has 2 aliphatic rings. The zero-order chi connectivity index (χ0) is 29.9. The van der Waals surface area contributed by atoms with Crippen LogP contribution in [-0.4, -0.2) is 64.4 Å². The van der Waals surface area contributed by atoms with E-state index in [-0.39, 0.29) is 24.4 Å². The van der Waals surface area contributed by atoms with Crippen LogP contribution in [-0.2, 0) is 14.1 Å². The number of allylic oxidation sites excluding steroid dienone is 3. The number of hydrogen-bond acceptors (Lipinski definition) is 7. The monoisotopic (exact) mass is 593 g/mol. The third-order valence-electron chi connectivity index (χ3n) is 8.30. The number of aliphatic hydroxyl groups is 3. The van der Waals surface area contributed by atoms with E-state index in [9.17, 15) is 20.1 Å². The Balaban J connectivity index is 2.01. The Morgan fingerprint density at radius 1 is 1.15 bits per heavy atom. The molecule has 1 heterocycles. The molecule has 0 aromatic heterocycles. The van der Waals surface area contributed by atoms with Gasteiger partial charge in [-0.1, -0.05) is 88.8 Å². The third kappa shape index (κ3) is 14.1. The second kappa shape index (κ2) is 20.5. The molecule has 0 bridgehead atoms. The molecule has 7 nitrogen and oxygen atoms in total. The van der Waals surface area contributed by atoms with Crippen LogP contribution in [0.25, 0.3) is 0 Å². The summed E-state index contributed by atoms with van der Waals surface area (Å²) >= 11 is 0. The van der Waals surface area contributed by atoms with Gasteiger partial charge < -0.3 is 29.9 Å². The molecular weight excluding hydrogens is 537 g/mol. The summed E-state index contributed by atoms with van der Waals surface area (Å²) in [6.45, 7) is 5.73. The van der Waals surface area contributed by atoms with Gasteiger partial charge >= 0.3 is 5.97 Å². The molecule has 0 spiro atoms. The van der Waals surface area contributed by atoms with Crippen molar-refractivity contribution in [3.8, 4) is 0 Å². The first kappa shape index (κ1) is 35.9. The van der Waals surface area contributed by atoms with Gasteiger partial charge in [0.1, 0.15) is 11.7 Å². The molecule has 1 fully saturated rings. The predicted octanol–water partition coefficient (Wildman–Crippen LogP) is 5.71. The minimum absolute atomic E-state index is 0.0417. The molecule has 1 aliphatic heterocycles. The average molecular weight is 594 g/mol. The number of ether oxygens (including phenoxy) is 1. The second-order valence-corrected chi connectivity index (χ2v) is 12.0. The molecule has 1 aliphatic carbocycles. The van der Waals surface area contributed by atoms with E-state index < -0.39 is 23.9 Å². The van der Waals surface area contributed by atoms with Gasteiger partial charge in [0.15, 0.2) is 0 Å². The highest BCUT2D eigenvalue weighted by Crippen LogP contribution is 2.29. The molecule has 0 amide bonds. The maximum absolute atomic E-state index is 11.9. The van der Waals surface area contributed by atoms with Crippen LogP contribution in [0.15, 0.2) is 48.6 Å². The van der Waals surface area contributed by atoms with E-state index >= 15 is 0 Å². The predicted molar refractivity (Wildman–Crippen MR) is 169 cm³/mol. The number of cyclic esters (lactones) is 1. The van der Waals surface area contributed by atoms with E-state index in [1.807, 2.05) is 25.2 Å². The number of carbonyl (C=O) groups is 1. The van der Waals surface area contributed by atoms with Gasteiger partial charge in [-0.3, -0.25) is 0 Å².